The second-order valence-corrected chi connectivity index (χ2v) is 42.6. The third kappa shape index (κ3) is 73.1. The highest BCUT2D eigenvalue weighted by molar-refractivity contribution is 7.46. The smallest absolute Gasteiger partial charge is 0.462 e. The molecule has 2 fully saturated rings. The fourth-order valence-electron chi connectivity index (χ4n) is 19.7. The third-order valence-electron chi connectivity index (χ3n) is 28.3. The van der Waals surface area contributed by atoms with Crippen molar-refractivity contribution in [2.24, 2.45) is 5.92 Å². The van der Waals surface area contributed by atoms with Gasteiger partial charge >= 0.3 is 31.7 Å². The minimum Gasteiger partial charge on any atom is -0.462 e. The van der Waals surface area contributed by atoms with Gasteiger partial charge in [-0.05, 0) is 63.7 Å². The maximum absolute atomic E-state index is 15.4. The SMILES string of the molecule is CCCCCCCCCCCCCCCC(=O)O[C@@H]1C(NC(=O)C[C@@H](CCCCCCCCCCC)OC(=O)CCCCCCCCCCCCC)[C@H](O)OC(CO[C@@H]2OC(CO)[C@@H](OP(=O)(O)O)[C@H](OC(=O)C[C@@H](CCCCCCCCCCC)OC(=O)CCCCCCCCCCCCC)C2NC(=O)C[C@@H](CCCCCCCCCCC)CC(=O)CCCCCCCCCCCCC)[C@H]1O. The van der Waals surface area contributed by atoms with Gasteiger partial charge in [0.2, 0.25) is 11.8 Å². The van der Waals surface area contributed by atoms with Crippen LogP contribution in [0.1, 0.15) is 588 Å². The molecule has 0 spiro atoms. The first-order valence-electron chi connectivity index (χ1n) is 58.2. The lowest BCUT2D eigenvalue weighted by atomic mass is 9.90. The van der Waals surface area contributed by atoms with Crippen LogP contribution in [-0.4, -0.2) is 153 Å². The van der Waals surface area contributed by atoms with Crippen LogP contribution in [0.3, 0.4) is 0 Å². The van der Waals surface area contributed by atoms with Gasteiger partial charge in [-0.25, -0.2) is 4.57 Å². The molecule has 4 unspecified atom stereocenters. The number of carbonyl (C=O) groups is 7. The number of esters is 4. The zero-order valence-electron chi connectivity index (χ0n) is 89.0. The molecule has 2 aliphatic rings. The highest BCUT2D eigenvalue weighted by Gasteiger charge is 2.54. The summed E-state index contributed by atoms with van der Waals surface area (Å²) >= 11 is 0. The molecule has 0 aliphatic carbocycles. The van der Waals surface area contributed by atoms with Crippen molar-refractivity contribution in [2.45, 2.75) is 661 Å². The van der Waals surface area contributed by atoms with Crippen molar-refractivity contribution in [1.29, 1.82) is 0 Å². The number of hydrogen-bond donors (Lipinski definition) is 7. The van der Waals surface area contributed by atoms with Gasteiger partial charge in [0.05, 0.1) is 26.1 Å². The number of rotatable bonds is 100. The summed E-state index contributed by atoms with van der Waals surface area (Å²) in [7, 11) is -5.61. The van der Waals surface area contributed by atoms with Crippen molar-refractivity contribution in [3.05, 3.63) is 0 Å². The second-order valence-electron chi connectivity index (χ2n) is 41.4. The molecule has 24 heteroatoms. The Balaban J connectivity index is 2.81. The van der Waals surface area contributed by atoms with Crippen LogP contribution in [0.15, 0.2) is 0 Å². The van der Waals surface area contributed by atoms with Gasteiger partial charge in [-0.15, -0.1) is 0 Å². The summed E-state index contributed by atoms with van der Waals surface area (Å²) in [5.41, 5.74) is 0. The summed E-state index contributed by atoms with van der Waals surface area (Å²) < 4.78 is 63.0. The maximum atomic E-state index is 15.4. The summed E-state index contributed by atoms with van der Waals surface area (Å²) in [4.78, 5) is 123. The van der Waals surface area contributed by atoms with Crippen molar-refractivity contribution in [1.82, 2.24) is 10.6 Å². The number of phosphoric acid groups is 1. The normalized spacial score (nSPS) is 19.1. The quantitative estimate of drug-likeness (QED) is 0.0129. The number of unbranched alkanes of at least 4 members (excludes halogenated alkanes) is 66. The number of aliphatic hydroxyl groups is 3. The Hall–Kier alpha value is -3.64. The molecule has 0 saturated carbocycles. The van der Waals surface area contributed by atoms with E-state index in [0.717, 1.165) is 218 Å². The highest BCUT2D eigenvalue weighted by Crippen LogP contribution is 2.43. The minimum absolute atomic E-state index is 0.0268. The molecule has 0 aromatic carbocycles. The number of phosphoric ester groups is 1. The van der Waals surface area contributed by atoms with E-state index >= 15 is 9.59 Å². The first-order valence-corrected chi connectivity index (χ1v) is 59.7. The first kappa shape index (κ1) is 129. The van der Waals surface area contributed by atoms with Crippen LogP contribution in [0, 0.1) is 5.92 Å². The lowest BCUT2D eigenvalue weighted by molar-refractivity contribution is -0.298. The molecule has 0 radical (unpaired) electrons. The Morgan fingerprint density at radius 1 is 0.307 bits per heavy atom. The van der Waals surface area contributed by atoms with Gasteiger partial charge in [0.15, 0.2) is 24.8 Å². The van der Waals surface area contributed by atoms with Crippen LogP contribution in [0.2, 0.25) is 0 Å². The molecule has 0 aromatic rings. The number of nitrogens with one attached hydrogen (secondary N) is 2. The summed E-state index contributed by atoms with van der Waals surface area (Å²) in [5, 5.41) is 42.2. The summed E-state index contributed by atoms with van der Waals surface area (Å²) in [5.74, 6) is -4.36. The molecule has 806 valence electrons. The van der Waals surface area contributed by atoms with Gasteiger partial charge in [-0.1, -0.05) is 479 Å². The van der Waals surface area contributed by atoms with E-state index in [2.05, 4.69) is 59.1 Å². The summed E-state index contributed by atoms with van der Waals surface area (Å²) in [6.45, 7) is 13.7. The number of ether oxygens (including phenoxy) is 7. The molecule has 137 heavy (non-hydrogen) atoms. The highest BCUT2D eigenvalue weighted by atomic mass is 31.2. The van der Waals surface area contributed by atoms with Crippen molar-refractivity contribution < 1.29 is 101 Å². The molecule has 0 bridgehead atoms. The van der Waals surface area contributed by atoms with Crippen molar-refractivity contribution in [3.8, 4) is 0 Å². The molecule has 23 nitrogen and oxygen atoms in total. The van der Waals surface area contributed by atoms with Crippen LogP contribution >= 0.6 is 7.82 Å². The van der Waals surface area contributed by atoms with Crippen LogP contribution in [0.25, 0.3) is 0 Å². The Labute approximate surface area is 836 Å². The van der Waals surface area contributed by atoms with Gasteiger partial charge in [-0.2, -0.15) is 0 Å². The molecule has 2 heterocycles. The van der Waals surface area contributed by atoms with E-state index in [1.54, 1.807) is 0 Å². The molecule has 2 aliphatic heterocycles. The van der Waals surface area contributed by atoms with Crippen LogP contribution in [0.4, 0.5) is 0 Å². The average molecular weight is 1970 g/mol. The zero-order chi connectivity index (χ0) is 99.9. The molecule has 2 saturated heterocycles. The lowest BCUT2D eigenvalue weighted by Crippen LogP contribution is -2.68. The zero-order valence-corrected chi connectivity index (χ0v) is 89.9. The number of amides is 2. The molecule has 0 aromatic heterocycles. The number of hydrogen-bond acceptors (Lipinski definition) is 19. The van der Waals surface area contributed by atoms with Crippen molar-refractivity contribution in [3.63, 3.8) is 0 Å². The first-order chi connectivity index (χ1) is 66.7. The predicted molar refractivity (Wildman–Crippen MR) is 555 cm³/mol. The minimum atomic E-state index is -5.61. The monoisotopic (exact) mass is 1970 g/mol. The second kappa shape index (κ2) is 91.1. The molecule has 7 N–H and O–H groups in total. The van der Waals surface area contributed by atoms with E-state index in [1.165, 1.54) is 218 Å². The molecule has 2 amide bonds. The topological polar surface area (TPSA) is 336 Å². The summed E-state index contributed by atoms with van der Waals surface area (Å²) in [6.07, 6.45) is 63.1. The average Bonchev–Trinajstić information content (AvgIpc) is 0.765. The van der Waals surface area contributed by atoms with Crippen LogP contribution in [0.5, 0.6) is 0 Å². The van der Waals surface area contributed by atoms with Gasteiger partial charge in [-0.3, -0.25) is 38.1 Å². The Morgan fingerprint density at radius 2 is 0.599 bits per heavy atom. The molecule has 2 rings (SSSR count). The maximum Gasteiger partial charge on any atom is 0.470 e. The van der Waals surface area contributed by atoms with Gasteiger partial charge in [0, 0.05) is 38.5 Å². The van der Waals surface area contributed by atoms with Crippen molar-refractivity contribution >= 4 is 49.3 Å². The van der Waals surface area contributed by atoms with E-state index in [1.807, 2.05) is 0 Å². The van der Waals surface area contributed by atoms with Gasteiger partial charge < -0.3 is 68.9 Å². The fraction of sp³-hybridized carbons (Fsp3) is 0.938. The van der Waals surface area contributed by atoms with E-state index in [9.17, 15) is 53.6 Å². The van der Waals surface area contributed by atoms with Gasteiger partial charge in [0.25, 0.3) is 0 Å². The number of ketones is 1. The third-order valence-corrected chi connectivity index (χ3v) is 28.8. The largest absolute Gasteiger partial charge is 0.470 e. The Bertz CT molecular complexity index is 2890. The Morgan fingerprint density at radius 3 is 0.942 bits per heavy atom. The van der Waals surface area contributed by atoms with E-state index in [-0.39, 0.29) is 44.3 Å². The predicted octanol–water partition coefficient (Wildman–Crippen LogP) is 29.0. The fourth-order valence-corrected chi connectivity index (χ4v) is 20.3. The Kier molecular flexibility index (Phi) is 86.0. The van der Waals surface area contributed by atoms with Crippen LogP contribution in [-0.2, 0) is 75.8 Å². The molecular weight excluding hydrogens is 1750 g/mol. The van der Waals surface area contributed by atoms with Crippen LogP contribution < -0.4 is 10.6 Å². The van der Waals surface area contributed by atoms with E-state index < -0.39 is 143 Å². The van der Waals surface area contributed by atoms with Crippen molar-refractivity contribution in [2.75, 3.05) is 13.2 Å². The van der Waals surface area contributed by atoms with E-state index in [4.69, 9.17) is 37.7 Å². The van der Waals surface area contributed by atoms with Gasteiger partial charge in [0.1, 0.15) is 54.5 Å². The number of Topliss-reactive ketones (excluding diaryl/α,β-unsaturated/α-hetero) is 1. The number of aliphatic hydroxyl groups excluding tert-OH is 3. The van der Waals surface area contributed by atoms with E-state index in [0.29, 0.717) is 57.8 Å². The molecular formula is C113H213N2O21P. The standard InChI is InChI=1S/C113H213N2O21P/c1-8-15-22-29-36-43-47-48-52-59-66-73-80-87-104(122)134-110-106(114-101(119)90-96(83-76-69-62-54-41-34-27-20-13-6)130-102(120)85-78-71-64-57-50-45-38-31-24-17-10-3)112(125)132-99(108(110)124)93-129-113-107(115-100(118)89-94(81-74-67-60-53-40-33-26-19-12-5)88-95(117)82-75-68-61-56-49-44-37-30-23-16-9-2)111(109(98(92-116)133-113)136-137(126,127)128)135-105(123)91-97(84-77-70-63-55-42-35-28-21-14-7)131-103(121)86-79-72-65-58-51-46-39-32-25-18-11-4/h94,96-99,106-113,116,124-125H,8-93H2,1-7H3,(H,114,119)(H,115,118)(H2,126,127,128)/t94-,96+,97+,98?,99?,106?,107?,108+,109+,110+,111+,112+,113+/m0/s1. The lowest BCUT2D eigenvalue weighted by Gasteiger charge is -2.46. The summed E-state index contributed by atoms with van der Waals surface area (Å²) in [6, 6.07) is -3.34. The number of carbonyl (C=O) groups excluding carboxylic acids is 7. The molecule has 13 atom stereocenters.